The maximum Gasteiger partial charge on any atom is 0.405 e. The average molecular weight is 284 g/mol. The fourth-order valence-electron chi connectivity index (χ4n) is 2.72. The van der Waals surface area contributed by atoms with E-state index in [9.17, 15) is 14.4 Å². The average Bonchev–Trinajstić information content (AvgIpc) is 2.73. The molecule has 1 heterocycles. The Balaban J connectivity index is 2.92. The SMILES string of the molecule is CCC1(C)CCN(C(=O)CNC(=O)O)[C@@H]1C(=O)C(C)C. The van der Waals surface area contributed by atoms with E-state index < -0.39 is 12.1 Å². The predicted octanol–water partition coefficient (Wildman–Crippen LogP) is 1.50. The van der Waals surface area contributed by atoms with Gasteiger partial charge in [-0.2, -0.15) is 0 Å². The normalized spacial score (nSPS) is 25.9. The number of hydrogen-bond acceptors (Lipinski definition) is 3. The summed E-state index contributed by atoms with van der Waals surface area (Å²) in [5, 5.41) is 10.6. The molecule has 114 valence electrons. The van der Waals surface area contributed by atoms with E-state index in [4.69, 9.17) is 5.11 Å². The first-order valence-electron chi connectivity index (χ1n) is 7.03. The molecule has 6 heteroatoms. The Morgan fingerprint density at radius 2 is 2.00 bits per heavy atom. The summed E-state index contributed by atoms with van der Waals surface area (Å²) < 4.78 is 0. The van der Waals surface area contributed by atoms with Crippen LogP contribution in [0.25, 0.3) is 0 Å². The van der Waals surface area contributed by atoms with Crippen molar-refractivity contribution in [3.05, 3.63) is 0 Å². The van der Waals surface area contributed by atoms with Gasteiger partial charge in [0.2, 0.25) is 5.91 Å². The quantitative estimate of drug-likeness (QED) is 0.801. The van der Waals surface area contributed by atoms with E-state index in [1.165, 1.54) is 0 Å². The standard InChI is InChI=1S/C14H24N2O4/c1-5-14(4)6-7-16(10(17)8-15-13(19)20)12(14)11(18)9(2)3/h9,12,15H,5-8H2,1-4H3,(H,19,20)/t12-,14?/m1/s1. The van der Waals surface area contributed by atoms with Gasteiger partial charge in [-0.15, -0.1) is 0 Å². The lowest BCUT2D eigenvalue weighted by Gasteiger charge is -2.34. The van der Waals surface area contributed by atoms with Gasteiger partial charge in [-0.25, -0.2) is 4.79 Å². The highest BCUT2D eigenvalue weighted by molar-refractivity contribution is 5.92. The van der Waals surface area contributed by atoms with E-state index in [-0.39, 0.29) is 29.6 Å². The molecule has 0 radical (unpaired) electrons. The molecule has 0 aromatic rings. The molecule has 0 spiro atoms. The molecular formula is C14H24N2O4. The summed E-state index contributed by atoms with van der Waals surface area (Å²) in [5.41, 5.74) is -0.222. The number of rotatable bonds is 5. The molecular weight excluding hydrogens is 260 g/mol. The minimum absolute atomic E-state index is 0.0514. The van der Waals surface area contributed by atoms with Crippen LogP contribution in [0.1, 0.15) is 40.5 Å². The number of carbonyl (C=O) groups is 3. The summed E-state index contributed by atoms with van der Waals surface area (Å²) >= 11 is 0. The van der Waals surface area contributed by atoms with Crippen LogP contribution in [0.15, 0.2) is 0 Å². The van der Waals surface area contributed by atoms with Crippen LogP contribution in [0.4, 0.5) is 4.79 Å². The van der Waals surface area contributed by atoms with Crippen LogP contribution in [0, 0.1) is 11.3 Å². The van der Waals surface area contributed by atoms with Crippen molar-refractivity contribution in [1.29, 1.82) is 0 Å². The van der Waals surface area contributed by atoms with Crippen molar-refractivity contribution in [2.45, 2.75) is 46.6 Å². The summed E-state index contributed by atoms with van der Waals surface area (Å²) in [6.45, 7) is 7.92. The van der Waals surface area contributed by atoms with Gasteiger partial charge in [0.25, 0.3) is 0 Å². The van der Waals surface area contributed by atoms with Gasteiger partial charge in [-0.05, 0) is 18.3 Å². The van der Waals surface area contributed by atoms with Crippen LogP contribution in [-0.4, -0.2) is 46.9 Å². The minimum Gasteiger partial charge on any atom is -0.465 e. The van der Waals surface area contributed by atoms with Crippen molar-refractivity contribution in [3.8, 4) is 0 Å². The fraction of sp³-hybridized carbons (Fsp3) is 0.786. The third kappa shape index (κ3) is 3.29. The molecule has 1 aliphatic heterocycles. The molecule has 0 aromatic carbocycles. The second-order valence-corrected chi connectivity index (χ2v) is 5.96. The molecule has 1 unspecified atom stereocenters. The molecule has 20 heavy (non-hydrogen) atoms. The van der Waals surface area contributed by atoms with E-state index in [2.05, 4.69) is 5.32 Å². The molecule has 2 amide bonds. The third-order valence-electron chi connectivity index (χ3n) is 4.25. The number of nitrogens with one attached hydrogen (secondary N) is 1. The maximum atomic E-state index is 12.4. The van der Waals surface area contributed by atoms with E-state index in [1.807, 2.05) is 27.7 Å². The second-order valence-electron chi connectivity index (χ2n) is 5.96. The van der Waals surface area contributed by atoms with Gasteiger partial charge in [-0.1, -0.05) is 27.7 Å². The lowest BCUT2D eigenvalue weighted by atomic mass is 9.76. The Hall–Kier alpha value is -1.59. The third-order valence-corrected chi connectivity index (χ3v) is 4.25. The van der Waals surface area contributed by atoms with E-state index >= 15 is 0 Å². The summed E-state index contributed by atoms with van der Waals surface area (Å²) in [5.74, 6) is -0.425. The fourth-order valence-corrected chi connectivity index (χ4v) is 2.72. The molecule has 1 rings (SSSR count). The first-order chi connectivity index (χ1) is 9.23. The highest BCUT2D eigenvalue weighted by Gasteiger charge is 2.48. The topological polar surface area (TPSA) is 86.7 Å². The highest BCUT2D eigenvalue weighted by Crippen LogP contribution is 2.41. The number of carboxylic acid groups (broad SMARTS) is 1. The molecule has 0 bridgehead atoms. The lowest BCUT2D eigenvalue weighted by Crippen LogP contribution is -2.51. The van der Waals surface area contributed by atoms with Crippen LogP contribution in [0.3, 0.4) is 0 Å². The van der Waals surface area contributed by atoms with Crippen molar-refractivity contribution >= 4 is 17.8 Å². The van der Waals surface area contributed by atoms with Gasteiger partial charge in [-0.3, -0.25) is 9.59 Å². The van der Waals surface area contributed by atoms with Crippen molar-refractivity contribution < 1.29 is 19.5 Å². The zero-order valence-electron chi connectivity index (χ0n) is 12.6. The number of carbonyl (C=O) groups excluding carboxylic acids is 2. The Kier molecular flexibility index (Phi) is 5.14. The maximum absolute atomic E-state index is 12.4. The molecule has 1 fully saturated rings. The Bertz CT molecular complexity index is 408. The monoisotopic (exact) mass is 284 g/mol. The van der Waals surface area contributed by atoms with Crippen LogP contribution < -0.4 is 5.32 Å². The van der Waals surface area contributed by atoms with Gasteiger partial charge >= 0.3 is 6.09 Å². The van der Waals surface area contributed by atoms with Crippen LogP contribution in [0.5, 0.6) is 0 Å². The molecule has 6 nitrogen and oxygen atoms in total. The van der Waals surface area contributed by atoms with Gasteiger partial charge < -0.3 is 15.3 Å². The van der Waals surface area contributed by atoms with E-state index in [0.717, 1.165) is 12.8 Å². The number of amides is 2. The zero-order valence-corrected chi connectivity index (χ0v) is 12.6. The van der Waals surface area contributed by atoms with Gasteiger partial charge in [0.05, 0.1) is 6.04 Å². The van der Waals surface area contributed by atoms with Crippen LogP contribution >= 0.6 is 0 Å². The Morgan fingerprint density at radius 3 is 2.45 bits per heavy atom. The Morgan fingerprint density at radius 1 is 1.40 bits per heavy atom. The molecule has 0 aromatic heterocycles. The first-order valence-corrected chi connectivity index (χ1v) is 7.03. The van der Waals surface area contributed by atoms with Crippen molar-refractivity contribution in [2.75, 3.05) is 13.1 Å². The summed E-state index contributed by atoms with van der Waals surface area (Å²) in [7, 11) is 0. The number of hydrogen-bond donors (Lipinski definition) is 2. The number of likely N-dealkylation sites (tertiary alicyclic amines) is 1. The summed E-state index contributed by atoms with van der Waals surface area (Å²) in [6, 6.07) is -0.449. The predicted molar refractivity (Wildman–Crippen MR) is 74.4 cm³/mol. The minimum atomic E-state index is -1.23. The lowest BCUT2D eigenvalue weighted by molar-refractivity contribution is -0.140. The smallest absolute Gasteiger partial charge is 0.405 e. The van der Waals surface area contributed by atoms with Crippen LogP contribution in [0.2, 0.25) is 0 Å². The highest BCUT2D eigenvalue weighted by atomic mass is 16.4. The zero-order chi connectivity index (χ0) is 15.5. The largest absolute Gasteiger partial charge is 0.465 e. The second kappa shape index (κ2) is 6.24. The van der Waals surface area contributed by atoms with Gasteiger partial charge in [0.15, 0.2) is 5.78 Å². The molecule has 2 N–H and O–H groups in total. The molecule has 2 atom stereocenters. The number of ketones is 1. The van der Waals surface area contributed by atoms with Crippen molar-refractivity contribution in [1.82, 2.24) is 10.2 Å². The van der Waals surface area contributed by atoms with Crippen LogP contribution in [-0.2, 0) is 9.59 Å². The molecule has 0 saturated carbocycles. The van der Waals surface area contributed by atoms with Crippen molar-refractivity contribution in [3.63, 3.8) is 0 Å². The summed E-state index contributed by atoms with van der Waals surface area (Å²) in [4.78, 5) is 36.6. The van der Waals surface area contributed by atoms with E-state index in [1.54, 1.807) is 4.90 Å². The van der Waals surface area contributed by atoms with Gasteiger partial charge in [0, 0.05) is 12.5 Å². The number of nitrogens with zero attached hydrogens (tertiary/aromatic N) is 1. The van der Waals surface area contributed by atoms with E-state index in [0.29, 0.717) is 6.54 Å². The number of Topliss-reactive ketones (excluding diaryl/α,β-unsaturated/α-hetero) is 1. The van der Waals surface area contributed by atoms with Crippen molar-refractivity contribution in [2.24, 2.45) is 11.3 Å². The Labute approximate surface area is 119 Å². The molecule has 1 saturated heterocycles. The summed E-state index contributed by atoms with van der Waals surface area (Å²) in [6.07, 6.45) is 0.347. The first kappa shape index (κ1) is 16.5. The molecule has 0 aliphatic carbocycles. The molecule has 1 aliphatic rings. The van der Waals surface area contributed by atoms with Gasteiger partial charge in [0.1, 0.15) is 6.54 Å².